The van der Waals surface area contributed by atoms with Crippen molar-refractivity contribution < 1.29 is 13.6 Å². The van der Waals surface area contributed by atoms with Crippen molar-refractivity contribution in [3.05, 3.63) is 35.4 Å². The van der Waals surface area contributed by atoms with E-state index in [4.69, 9.17) is 5.73 Å². The molecule has 0 heterocycles. The molecule has 70 valence electrons. The summed E-state index contributed by atoms with van der Waals surface area (Å²) in [6, 6.07) is 2.35. The van der Waals surface area contributed by atoms with Crippen LogP contribution < -0.4 is 5.73 Å². The predicted molar refractivity (Wildman–Crippen MR) is 44.3 cm³/mol. The van der Waals surface area contributed by atoms with Crippen LogP contribution in [0.5, 0.6) is 0 Å². The molecule has 1 atom stereocenters. The van der Waals surface area contributed by atoms with Crippen molar-refractivity contribution in [2.45, 2.75) is 13.0 Å². The normalized spacial score (nSPS) is 12.6. The number of hydrogen-bond donors (Lipinski definition) is 1. The van der Waals surface area contributed by atoms with Crippen LogP contribution in [-0.4, -0.2) is 11.8 Å². The molecule has 0 amide bonds. The van der Waals surface area contributed by atoms with Gasteiger partial charge in [-0.3, -0.25) is 4.79 Å². The Bertz CT molecular complexity index is 316. The predicted octanol–water partition coefficient (Wildman–Crippen LogP) is 1.49. The standard InChI is InChI=1S/C9H9F2NO/c1-5(12)9(13)8-6(10)3-2-4-7(8)11/h2-5H,12H2,1H3/t5-/m1/s1. The molecule has 0 radical (unpaired) electrons. The number of carbonyl (C=O) groups is 1. The van der Waals surface area contributed by atoms with Gasteiger partial charge in [-0.1, -0.05) is 6.07 Å². The Morgan fingerprint density at radius 2 is 1.85 bits per heavy atom. The van der Waals surface area contributed by atoms with E-state index in [1.807, 2.05) is 0 Å². The van der Waals surface area contributed by atoms with E-state index in [0.717, 1.165) is 12.1 Å². The van der Waals surface area contributed by atoms with Crippen LogP contribution in [0.2, 0.25) is 0 Å². The SMILES string of the molecule is C[C@@H](N)C(=O)c1c(F)cccc1F. The number of rotatable bonds is 2. The summed E-state index contributed by atoms with van der Waals surface area (Å²) in [7, 11) is 0. The highest BCUT2D eigenvalue weighted by Gasteiger charge is 2.19. The second kappa shape index (κ2) is 3.62. The Kier molecular flexibility index (Phi) is 2.72. The van der Waals surface area contributed by atoms with Gasteiger partial charge in [-0.15, -0.1) is 0 Å². The summed E-state index contributed by atoms with van der Waals surface area (Å²) in [6.07, 6.45) is 0. The first-order chi connectivity index (χ1) is 6.04. The summed E-state index contributed by atoms with van der Waals surface area (Å²) in [5.74, 6) is -2.47. The van der Waals surface area contributed by atoms with Crippen LogP contribution in [0, 0.1) is 11.6 Å². The monoisotopic (exact) mass is 185 g/mol. The lowest BCUT2D eigenvalue weighted by Crippen LogP contribution is -2.28. The van der Waals surface area contributed by atoms with Crippen molar-refractivity contribution in [2.75, 3.05) is 0 Å². The fourth-order valence-electron chi connectivity index (χ4n) is 0.961. The number of ketones is 1. The van der Waals surface area contributed by atoms with Crippen LogP contribution in [0.3, 0.4) is 0 Å². The Hall–Kier alpha value is -1.29. The molecule has 1 aromatic carbocycles. The van der Waals surface area contributed by atoms with Crippen LogP contribution in [0.25, 0.3) is 0 Å². The number of carbonyl (C=O) groups excluding carboxylic acids is 1. The third-order valence-corrected chi connectivity index (χ3v) is 1.62. The number of Topliss-reactive ketones (excluding diaryl/α,β-unsaturated/α-hetero) is 1. The quantitative estimate of drug-likeness (QED) is 0.709. The smallest absolute Gasteiger partial charge is 0.185 e. The van der Waals surface area contributed by atoms with Gasteiger partial charge in [0.1, 0.15) is 11.6 Å². The number of hydrogen-bond acceptors (Lipinski definition) is 2. The zero-order valence-corrected chi connectivity index (χ0v) is 7.05. The Morgan fingerprint density at radius 1 is 1.38 bits per heavy atom. The van der Waals surface area contributed by atoms with Crippen LogP contribution >= 0.6 is 0 Å². The average Bonchev–Trinajstić information content (AvgIpc) is 2.03. The summed E-state index contributed by atoms with van der Waals surface area (Å²) in [5, 5.41) is 0. The average molecular weight is 185 g/mol. The summed E-state index contributed by atoms with van der Waals surface area (Å²) in [5.41, 5.74) is 4.66. The second-order valence-corrected chi connectivity index (χ2v) is 2.75. The van der Waals surface area contributed by atoms with E-state index < -0.39 is 29.0 Å². The maximum Gasteiger partial charge on any atom is 0.185 e. The molecule has 0 unspecified atom stereocenters. The van der Waals surface area contributed by atoms with Crippen molar-refractivity contribution in [3.63, 3.8) is 0 Å². The Morgan fingerprint density at radius 3 is 2.23 bits per heavy atom. The molecular weight excluding hydrogens is 176 g/mol. The van der Waals surface area contributed by atoms with Crippen molar-refractivity contribution in [2.24, 2.45) is 5.73 Å². The lowest BCUT2D eigenvalue weighted by molar-refractivity contribution is 0.0959. The van der Waals surface area contributed by atoms with E-state index in [9.17, 15) is 13.6 Å². The van der Waals surface area contributed by atoms with Crippen molar-refractivity contribution in [1.82, 2.24) is 0 Å². The van der Waals surface area contributed by atoms with Gasteiger partial charge in [-0.2, -0.15) is 0 Å². The number of benzene rings is 1. The molecule has 13 heavy (non-hydrogen) atoms. The summed E-state index contributed by atoms with van der Waals surface area (Å²) < 4.78 is 25.9. The molecule has 0 aliphatic heterocycles. The molecule has 0 spiro atoms. The van der Waals surface area contributed by atoms with Gasteiger partial charge >= 0.3 is 0 Å². The maximum absolute atomic E-state index is 12.9. The molecule has 2 N–H and O–H groups in total. The lowest BCUT2D eigenvalue weighted by Gasteiger charge is -2.05. The zero-order valence-electron chi connectivity index (χ0n) is 7.05. The van der Waals surface area contributed by atoms with E-state index in [1.54, 1.807) is 0 Å². The van der Waals surface area contributed by atoms with E-state index in [2.05, 4.69) is 0 Å². The molecule has 0 aromatic heterocycles. The van der Waals surface area contributed by atoms with E-state index in [1.165, 1.54) is 13.0 Å². The molecule has 0 aliphatic carbocycles. The Balaban J connectivity index is 3.20. The molecule has 0 aliphatic rings. The minimum Gasteiger partial charge on any atom is -0.321 e. The van der Waals surface area contributed by atoms with Crippen LogP contribution in [-0.2, 0) is 0 Å². The summed E-state index contributed by atoms with van der Waals surface area (Å²) in [6.45, 7) is 1.38. The minimum atomic E-state index is -0.897. The highest BCUT2D eigenvalue weighted by molar-refractivity contribution is 6.00. The fraction of sp³-hybridized carbons (Fsp3) is 0.222. The summed E-state index contributed by atoms with van der Waals surface area (Å²) in [4.78, 5) is 11.2. The first-order valence-electron chi connectivity index (χ1n) is 3.78. The van der Waals surface area contributed by atoms with Crippen LogP contribution in [0.1, 0.15) is 17.3 Å². The molecule has 0 bridgehead atoms. The van der Waals surface area contributed by atoms with E-state index >= 15 is 0 Å². The molecule has 4 heteroatoms. The van der Waals surface area contributed by atoms with Crippen molar-refractivity contribution in [1.29, 1.82) is 0 Å². The topological polar surface area (TPSA) is 43.1 Å². The van der Waals surface area contributed by atoms with Crippen molar-refractivity contribution in [3.8, 4) is 0 Å². The van der Waals surface area contributed by atoms with Crippen molar-refractivity contribution >= 4 is 5.78 Å². The van der Waals surface area contributed by atoms with Gasteiger partial charge in [0.25, 0.3) is 0 Å². The molecular formula is C9H9F2NO. The second-order valence-electron chi connectivity index (χ2n) is 2.75. The van der Waals surface area contributed by atoms with Gasteiger partial charge in [0.05, 0.1) is 11.6 Å². The summed E-state index contributed by atoms with van der Waals surface area (Å²) >= 11 is 0. The van der Waals surface area contributed by atoms with Crippen LogP contribution in [0.4, 0.5) is 8.78 Å². The van der Waals surface area contributed by atoms with Gasteiger partial charge in [-0.05, 0) is 19.1 Å². The zero-order chi connectivity index (χ0) is 10.0. The third-order valence-electron chi connectivity index (χ3n) is 1.62. The number of halogens is 2. The Labute approximate surface area is 74.4 Å². The highest BCUT2D eigenvalue weighted by Crippen LogP contribution is 2.13. The number of nitrogens with two attached hydrogens (primary N) is 1. The third kappa shape index (κ3) is 1.89. The first-order valence-corrected chi connectivity index (χ1v) is 3.78. The fourth-order valence-corrected chi connectivity index (χ4v) is 0.961. The highest BCUT2D eigenvalue weighted by atomic mass is 19.1. The van der Waals surface area contributed by atoms with E-state index in [-0.39, 0.29) is 0 Å². The largest absolute Gasteiger partial charge is 0.321 e. The molecule has 0 saturated heterocycles. The maximum atomic E-state index is 12.9. The minimum absolute atomic E-state index is 0.558. The van der Waals surface area contributed by atoms with Gasteiger partial charge < -0.3 is 5.73 Å². The molecule has 1 aromatic rings. The lowest BCUT2D eigenvalue weighted by atomic mass is 10.1. The van der Waals surface area contributed by atoms with Gasteiger partial charge in [0, 0.05) is 0 Å². The molecule has 2 nitrogen and oxygen atoms in total. The molecule has 0 saturated carbocycles. The first kappa shape index (κ1) is 9.80. The van der Waals surface area contributed by atoms with Gasteiger partial charge in [0.15, 0.2) is 5.78 Å². The molecule has 1 rings (SSSR count). The van der Waals surface area contributed by atoms with E-state index in [0.29, 0.717) is 0 Å². The van der Waals surface area contributed by atoms with Gasteiger partial charge in [-0.25, -0.2) is 8.78 Å². The van der Waals surface area contributed by atoms with Gasteiger partial charge in [0.2, 0.25) is 0 Å². The van der Waals surface area contributed by atoms with Crippen LogP contribution in [0.15, 0.2) is 18.2 Å². The molecule has 0 fully saturated rings.